The van der Waals surface area contributed by atoms with Crippen LogP contribution in [0.15, 0.2) is 11.5 Å². The highest BCUT2D eigenvalue weighted by atomic mass is 16.7. The van der Waals surface area contributed by atoms with Crippen molar-refractivity contribution < 1.29 is 9.31 Å². The quantitative estimate of drug-likeness (QED) is 0.655. The van der Waals surface area contributed by atoms with Gasteiger partial charge in [0.15, 0.2) is 0 Å². The molecule has 2 nitrogen and oxygen atoms in total. The second-order valence-corrected chi connectivity index (χ2v) is 7.81. The predicted octanol–water partition coefficient (Wildman–Crippen LogP) is 4.00. The Morgan fingerprint density at radius 3 is 2.00 bits per heavy atom. The zero-order valence-electron chi connectivity index (χ0n) is 13.0. The Labute approximate surface area is 112 Å². The fourth-order valence-electron chi connectivity index (χ4n) is 3.15. The van der Waals surface area contributed by atoms with E-state index in [9.17, 15) is 0 Å². The minimum Gasteiger partial charge on any atom is -0.400 e. The molecule has 18 heavy (non-hydrogen) atoms. The van der Waals surface area contributed by atoms with Crippen molar-refractivity contribution in [3.63, 3.8) is 0 Å². The fraction of sp³-hybridized carbons (Fsp3) is 0.867. The molecule has 2 rings (SSSR count). The molecule has 1 atom stereocenters. The van der Waals surface area contributed by atoms with Crippen molar-refractivity contribution in [3.8, 4) is 0 Å². The van der Waals surface area contributed by atoms with E-state index in [0.717, 1.165) is 6.42 Å². The second-order valence-electron chi connectivity index (χ2n) is 7.81. The molecule has 0 bridgehead atoms. The molecular formula is C15H27BO2. The summed E-state index contributed by atoms with van der Waals surface area (Å²) < 4.78 is 12.3. The van der Waals surface area contributed by atoms with Crippen molar-refractivity contribution >= 4 is 7.12 Å². The number of rotatable bonds is 1. The molecule has 102 valence electrons. The molecule has 1 saturated heterocycles. The van der Waals surface area contributed by atoms with Crippen molar-refractivity contribution in [2.45, 2.75) is 72.5 Å². The summed E-state index contributed by atoms with van der Waals surface area (Å²) in [5, 5.41) is 0. The van der Waals surface area contributed by atoms with Crippen LogP contribution >= 0.6 is 0 Å². The summed E-state index contributed by atoms with van der Waals surface area (Å²) in [5.41, 5.74) is 1.13. The van der Waals surface area contributed by atoms with Crippen molar-refractivity contribution in [2.24, 2.45) is 11.3 Å². The van der Waals surface area contributed by atoms with Gasteiger partial charge in [-0.2, -0.15) is 0 Å². The largest absolute Gasteiger partial charge is 0.490 e. The van der Waals surface area contributed by atoms with E-state index in [-0.39, 0.29) is 23.7 Å². The molecule has 0 amide bonds. The summed E-state index contributed by atoms with van der Waals surface area (Å²) in [5.74, 6) is 0.707. The number of hydrogen-bond acceptors (Lipinski definition) is 2. The molecule has 0 aromatic heterocycles. The summed E-state index contributed by atoms with van der Waals surface area (Å²) in [6.07, 6.45) is 4.71. The van der Waals surface area contributed by atoms with Crippen LogP contribution in [0, 0.1) is 11.3 Å². The maximum absolute atomic E-state index is 6.15. The Kier molecular flexibility index (Phi) is 3.23. The third-order valence-corrected chi connectivity index (χ3v) is 4.59. The molecule has 3 heteroatoms. The van der Waals surface area contributed by atoms with Gasteiger partial charge >= 0.3 is 7.12 Å². The highest BCUT2D eigenvalue weighted by molar-refractivity contribution is 6.54. The molecule has 0 aromatic rings. The minimum atomic E-state index is -0.233. The first-order valence-electron chi connectivity index (χ1n) is 7.10. The van der Waals surface area contributed by atoms with E-state index in [0.29, 0.717) is 5.92 Å². The highest BCUT2D eigenvalue weighted by Crippen LogP contribution is 2.43. The van der Waals surface area contributed by atoms with Gasteiger partial charge in [-0.25, -0.2) is 0 Å². The smallest absolute Gasteiger partial charge is 0.400 e. The van der Waals surface area contributed by atoms with E-state index in [1.54, 1.807) is 0 Å². The zero-order valence-corrected chi connectivity index (χ0v) is 13.0. The molecule has 0 radical (unpaired) electrons. The van der Waals surface area contributed by atoms with E-state index in [2.05, 4.69) is 54.5 Å². The van der Waals surface area contributed by atoms with E-state index < -0.39 is 0 Å². The van der Waals surface area contributed by atoms with E-state index in [4.69, 9.17) is 9.31 Å². The summed E-state index contributed by atoms with van der Waals surface area (Å²) in [4.78, 5) is 0. The van der Waals surface area contributed by atoms with Gasteiger partial charge in [-0.3, -0.25) is 0 Å². The maximum Gasteiger partial charge on any atom is 0.490 e. The summed E-state index contributed by atoms with van der Waals surface area (Å²) in [6, 6.07) is 0. The van der Waals surface area contributed by atoms with Crippen LogP contribution in [0.3, 0.4) is 0 Å². The fourth-order valence-corrected chi connectivity index (χ4v) is 3.15. The molecule has 0 saturated carbocycles. The molecule has 1 heterocycles. The standard InChI is InChI=1S/C15H27BO2/c1-11-8-12(10-13(2,3)9-11)16-17-14(4,5)15(6,7)18-16/h10-11H,8-9H2,1-7H3. The van der Waals surface area contributed by atoms with Crippen LogP contribution in [-0.4, -0.2) is 18.3 Å². The van der Waals surface area contributed by atoms with E-state index in [1.807, 2.05) is 0 Å². The van der Waals surface area contributed by atoms with Gasteiger partial charge in [0.2, 0.25) is 0 Å². The second kappa shape index (κ2) is 4.11. The summed E-state index contributed by atoms with van der Waals surface area (Å²) in [7, 11) is -0.156. The summed E-state index contributed by atoms with van der Waals surface area (Å²) in [6.45, 7) is 15.4. The first kappa shape index (κ1) is 14.1. The number of hydrogen-bond donors (Lipinski definition) is 0. The van der Waals surface area contributed by atoms with Crippen LogP contribution < -0.4 is 0 Å². The average Bonchev–Trinajstić information content (AvgIpc) is 2.32. The van der Waals surface area contributed by atoms with Crippen molar-refractivity contribution in [2.75, 3.05) is 0 Å². The van der Waals surface area contributed by atoms with Crippen molar-refractivity contribution in [3.05, 3.63) is 11.5 Å². The third-order valence-electron chi connectivity index (χ3n) is 4.59. The highest BCUT2D eigenvalue weighted by Gasteiger charge is 2.53. The molecule has 2 aliphatic rings. The Morgan fingerprint density at radius 1 is 1.06 bits per heavy atom. The van der Waals surface area contributed by atoms with Gasteiger partial charge in [0.05, 0.1) is 11.2 Å². The Hall–Kier alpha value is -0.275. The Morgan fingerprint density at radius 2 is 1.56 bits per heavy atom. The van der Waals surface area contributed by atoms with Gasteiger partial charge in [-0.1, -0.05) is 26.8 Å². The van der Waals surface area contributed by atoms with Gasteiger partial charge in [-0.15, -0.1) is 0 Å². The topological polar surface area (TPSA) is 18.5 Å². The van der Waals surface area contributed by atoms with Gasteiger partial charge in [0.25, 0.3) is 0 Å². The Balaban J connectivity index is 2.22. The van der Waals surface area contributed by atoms with Crippen LogP contribution in [0.4, 0.5) is 0 Å². The van der Waals surface area contributed by atoms with Gasteiger partial charge in [0, 0.05) is 0 Å². The first-order chi connectivity index (χ1) is 8.02. The lowest BCUT2D eigenvalue weighted by Crippen LogP contribution is -2.41. The minimum absolute atomic E-state index is 0.156. The van der Waals surface area contributed by atoms with Gasteiger partial charge in [-0.05, 0) is 57.3 Å². The van der Waals surface area contributed by atoms with Crippen LogP contribution in [-0.2, 0) is 9.31 Å². The van der Waals surface area contributed by atoms with Crippen LogP contribution in [0.5, 0.6) is 0 Å². The molecule has 1 aliphatic carbocycles. The molecule has 1 unspecified atom stereocenters. The lowest BCUT2D eigenvalue weighted by atomic mass is 9.64. The predicted molar refractivity (Wildman–Crippen MR) is 76.3 cm³/mol. The monoisotopic (exact) mass is 250 g/mol. The SMILES string of the molecule is CC1CC(B2OC(C)(C)C(C)(C)O2)=CC(C)(C)C1. The molecule has 0 N–H and O–H groups in total. The lowest BCUT2D eigenvalue weighted by Gasteiger charge is -2.32. The zero-order chi connectivity index (χ0) is 13.8. The van der Waals surface area contributed by atoms with Crippen LogP contribution in [0.25, 0.3) is 0 Å². The third kappa shape index (κ3) is 2.53. The van der Waals surface area contributed by atoms with Crippen molar-refractivity contribution in [1.82, 2.24) is 0 Å². The Bertz CT molecular complexity index is 353. The molecule has 1 aliphatic heterocycles. The van der Waals surface area contributed by atoms with E-state index in [1.165, 1.54) is 11.9 Å². The normalized spacial score (nSPS) is 33.4. The molecule has 0 aromatic carbocycles. The van der Waals surface area contributed by atoms with Gasteiger partial charge < -0.3 is 9.31 Å². The van der Waals surface area contributed by atoms with E-state index >= 15 is 0 Å². The first-order valence-corrected chi connectivity index (χ1v) is 7.10. The molecular weight excluding hydrogens is 223 g/mol. The number of allylic oxidation sites excluding steroid dienone is 2. The lowest BCUT2D eigenvalue weighted by molar-refractivity contribution is 0.00578. The van der Waals surface area contributed by atoms with Crippen LogP contribution in [0.2, 0.25) is 0 Å². The van der Waals surface area contributed by atoms with Gasteiger partial charge in [0.1, 0.15) is 0 Å². The average molecular weight is 250 g/mol. The molecule has 1 fully saturated rings. The maximum atomic E-state index is 6.15. The summed E-state index contributed by atoms with van der Waals surface area (Å²) >= 11 is 0. The van der Waals surface area contributed by atoms with Crippen molar-refractivity contribution in [1.29, 1.82) is 0 Å². The van der Waals surface area contributed by atoms with Crippen LogP contribution in [0.1, 0.15) is 61.3 Å². The molecule has 0 spiro atoms.